The SMILES string of the molecule is COC1CC(COC2(C(=O)O)CC(O)C(NC(C)=O)C(/C=N/OCC(=O)NCCc3cn(CC(O)C(O)C(O)C(O)CN(C)C)nn3)O2)C(O)C(O)C1O. The highest BCUT2D eigenvalue weighted by Gasteiger charge is 2.54. The van der Waals surface area contributed by atoms with Crippen LogP contribution in [0, 0.1) is 5.92 Å². The fourth-order valence-electron chi connectivity index (χ4n) is 6.07. The molecule has 1 aromatic heterocycles. The van der Waals surface area contributed by atoms with Crippen LogP contribution >= 0.6 is 0 Å². The summed E-state index contributed by atoms with van der Waals surface area (Å²) in [4.78, 5) is 43.3. The van der Waals surface area contributed by atoms with Crippen LogP contribution in [0.3, 0.4) is 0 Å². The van der Waals surface area contributed by atoms with Gasteiger partial charge in [-0.3, -0.25) is 9.59 Å². The Morgan fingerprint density at radius 3 is 2.43 bits per heavy atom. The largest absolute Gasteiger partial charge is 0.477 e. The summed E-state index contributed by atoms with van der Waals surface area (Å²) in [6.45, 7) is -0.0473. The van der Waals surface area contributed by atoms with Crippen LogP contribution in [0.25, 0.3) is 0 Å². The first-order chi connectivity index (χ1) is 25.4. The number of nitrogens with one attached hydrogen (secondary N) is 2. The Morgan fingerprint density at radius 1 is 1.11 bits per heavy atom. The smallest absolute Gasteiger partial charge is 0.364 e. The first-order valence-electron chi connectivity index (χ1n) is 17.1. The molecule has 54 heavy (non-hydrogen) atoms. The van der Waals surface area contributed by atoms with Gasteiger partial charge in [0.1, 0.15) is 36.6 Å². The number of methoxy groups -OCH3 is 1. The van der Waals surface area contributed by atoms with E-state index in [9.17, 15) is 60.3 Å². The Balaban J connectivity index is 1.53. The van der Waals surface area contributed by atoms with E-state index in [1.54, 1.807) is 19.0 Å². The second-order valence-corrected chi connectivity index (χ2v) is 13.6. The van der Waals surface area contributed by atoms with Crippen LogP contribution in [0.15, 0.2) is 11.4 Å². The number of oxime groups is 1. The molecular weight excluding hydrogens is 726 g/mol. The van der Waals surface area contributed by atoms with Crippen molar-refractivity contribution in [1.29, 1.82) is 0 Å². The quantitative estimate of drug-likeness (QED) is 0.0433. The van der Waals surface area contributed by atoms with Crippen LogP contribution in [-0.2, 0) is 46.4 Å². The van der Waals surface area contributed by atoms with E-state index in [-0.39, 0.29) is 32.5 Å². The number of rotatable bonds is 20. The zero-order valence-corrected chi connectivity index (χ0v) is 30.4. The molecule has 23 heteroatoms. The number of aromatic nitrogens is 3. The lowest BCUT2D eigenvalue weighted by Crippen LogP contribution is -2.65. The molecule has 23 nitrogen and oxygen atoms in total. The first kappa shape index (κ1) is 44.9. The van der Waals surface area contributed by atoms with Gasteiger partial charge < -0.3 is 80.5 Å². The van der Waals surface area contributed by atoms with Crippen molar-refractivity contribution in [2.24, 2.45) is 11.1 Å². The molecule has 13 atom stereocenters. The van der Waals surface area contributed by atoms with Crippen molar-refractivity contribution >= 4 is 24.0 Å². The van der Waals surface area contributed by atoms with Gasteiger partial charge in [-0.2, -0.15) is 0 Å². The van der Waals surface area contributed by atoms with Crippen molar-refractivity contribution < 1.29 is 79.4 Å². The lowest BCUT2D eigenvalue weighted by Gasteiger charge is -2.45. The zero-order valence-electron chi connectivity index (χ0n) is 30.4. The Bertz CT molecular complexity index is 1390. The van der Waals surface area contributed by atoms with Gasteiger partial charge in [-0.25, -0.2) is 9.48 Å². The third kappa shape index (κ3) is 12.3. The molecule has 308 valence electrons. The second kappa shape index (κ2) is 20.5. The van der Waals surface area contributed by atoms with Crippen molar-refractivity contribution in [3.05, 3.63) is 11.9 Å². The Hall–Kier alpha value is -3.46. The number of carbonyl (C=O) groups is 3. The summed E-state index contributed by atoms with van der Waals surface area (Å²) >= 11 is 0. The van der Waals surface area contributed by atoms with Gasteiger partial charge >= 0.3 is 5.97 Å². The number of carbonyl (C=O) groups excluding carboxylic acids is 2. The van der Waals surface area contributed by atoms with Crippen LogP contribution in [0.1, 0.15) is 25.5 Å². The lowest BCUT2D eigenvalue weighted by molar-refractivity contribution is -0.292. The predicted molar refractivity (Wildman–Crippen MR) is 180 cm³/mol. The van der Waals surface area contributed by atoms with Gasteiger partial charge in [0, 0.05) is 52.1 Å². The molecular formula is C31H53N7O16. The maximum absolute atomic E-state index is 12.5. The van der Waals surface area contributed by atoms with Crippen molar-refractivity contribution in [1.82, 2.24) is 30.5 Å². The standard InChI is InChI=1S/C31H53N7O16/c1-15(39)34-24-18(40)8-31(30(49)50,52-13-16-7-21(51-4)28(47)29(48)25(16)44)54-22(24)9-33-53-14-23(43)32-6-5-17-10-38(36-35-17)12-20(42)27(46)26(45)19(41)11-37(2)3/h9-10,16,18-22,24-29,40-42,44-48H,5-8,11-14H2,1-4H3,(H,32,43)(H,34,39)(H,49,50)/b33-9+. The van der Waals surface area contributed by atoms with Gasteiger partial charge in [-0.05, 0) is 20.5 Å². The van der Waals surface area contributed by atoms with Gasteiger partial charge in [0.2, 0.25) is 5.91 Å². The molecule has 13 unspecified atom stereocenters. The Labute approximate surface area is 310 Å². The molecule has 0 aromatic carbocycles. The van der Waals surface area contributed by atoms with Gasteiger partial charge in [0.05, 0.1) is 55.5 Å². The number of aliphatic hydroxyl groups excluding tert-OH is 8. The van der Waals surface area contributed by atoms with E-state index in [1.807, 2.05) is 0 Å². The number of aliphatic carboxylic acids is 1. The summed E-state index contributed by atoms with van der Waals surface area (Å²) in [6.07, 6.45) is -12.5. The van der Waals surface area contributed by atoms with Crippen molar-refractivity contribution in [2.45, 2.75) is 106 Å². The molecule has 2 heterocycles. The van der Waals surface area contributed by atoms with E-state index >= 15 is 0 Å². The second-order valence-electron chi connectivity index (χ2n) is 13.6. The molecule has 0 radical (unpaired) electrons. The van der Waals surface area contributed by atoms with Crippen LogP contribution in [0.5, 0.6) is 0 Å². The molecule has 1 saturated carbocycles. The van der Waals surface area contributed by atoms with E-state index in [2.05, 4.69) is 26.1 Å². The minimum Gasteiger partial charge on any atom is -0.477 e. The minimum absolute atomic E-state index is 0.00530. The van der Waals surface area contributed by atoms with E-state index < -0.39 is 116 Å². The van der Waals surface area contributed by atoms with Crippen LogP contribution in [0.2, 0.25) is 0 Å². The van der Waals surface area contributed by atoms with Crippen LogP contribution in [-0.4, -0.2) is 210 Å². The minimum atomic E-state index is -2.51. The molecule has 2 aliphatic rings. The number of likely N-dealkylation sites (N-methyl/N-ethyl adjacent to an activating group) is 1. The first-order valence-corrected chi connectivity index (χ1v) is 17.1. The average molecular weight is 780 g/mol. The number of hydrogen-bond donors (Lipinski definition) is 11. The van der Waals surface area contributed by atoms with Gasteiger partial charge in [0.15, 0.2) is 6.61 Å². The highest BCUT2D eigenvalue weighted by molar-refractivity contribution is 5.79. The Morgan fingerprint density at radius 2 is 1.80 bits per heavy atom. The number of nitrogens with zero attached hydrogens (tertiary/aromatic N) is 5. The van der Waals surface area contributed by atoms with Gasteiger partial charge in [-0.1, -0.05) is 10.4 Å². The summed E-state index contributed by atoms with van der Waals surface area (Å²) in [5.74, 6) is -6.28. The number of amides is 2. The van der Waals surface area contributed by atoms with E-state index in [4.69, 9.17) is 19.0 Å². The highest BCUT2D eigenvalue weighted by atomic mass is 16.7. The summed E-state index contributed by atoms with van der Waals surface area (Å²) < 4.78 is 17.7. The molecule has 1 aromatic rings. The van der Waals surface area contributed by atoms with Crippen molar-refractivity contribution in [3.63, 3.8) is 0 Å². The maximum Gasteiger partial charge on any atom is 0.364 e. The van der Waals surface area contributed by atoms with E-state index in [0.29, 0.717) is 5.69 Å². The number of aliphatic hydroxyl groups is 8. The van der Waals surface area contributed by atoms with E-state index in [0.717, 1.165) is 13.1 Å². The van der Waals surface area contributed by atoms with Gasteiger partial charge in [0.25, 0.3) is 11.7 Å². The van der Waals surface area contributed by atoms with Crippen LogP contribution in [0.4, 0.5) is 0 Å². The van der Waals surface area contributed by atoms with Crippen molar-refractivity contribution in [2.75, 3.05) is 47.5 Å². The molecule has 1 saturated heterocycles. The fourth-order valence-corrected chi connectivity index (χ4v) is 6.07. The normalized spacial score (nSPS) is 31.1. The third-order valence-corrected chi connectivity index (χ3v) is 9.03. The molecule has 2 amide bonds. The monoisotopic (exact) mass is 779 g/mol. The number of carboxylic acids is 1. The predicted octanol–water partition coefficient (Wildman–Crippen LogP) is -6.49. The molecule has 0 spiro atoms. The molecule has 2 fully saturated rings. The lowest BCUT2D eigenvalue weighted by atomic mass is 9.81. The topological polar surface area (TPSA) is 341 Å². The summed E-state index contributed by atoms with van der Waals surface area (Å²) in [7, 11) is 4.64. The molecule has 3 rings (SSSR count). The number of ether oxygens (including phenoxy) is 3. The average Bonchev–Trinajstić information content (AvgIpc) is 3.55. The summed E-state index contributed by atoms with van der Waals surface area (Å²) in [5, 5.41) is 109. The Kier molecular flexibility index (Phi) is 17.0. The molecule has 1 aliphatic carbocycles. The van der Waals surface area contributed by atoms with Gasteiger partial charge in [-0.15, -0.1) is 5.10 Å². The summed E-state index contributed by atoms with van der Waals surface area (Å²) in [6, 6.07) is -1.22. The van der Waals surface area contributed by atoms with Crippen molar-refractivity contribution in [3.8, 4) is 0 Å². The maximum atomic E-state index is 12.5. The molecule has 11 N–H and O–H groups in total. The zero-order chi connectivity index (χ0) is 40.3. The van der Waals surface area contributed by atoms with E-state index in [1.165, 1.54) is 18.0 Å². The number of carboxylic acid groups (broad SMARTS) is 1. The third-order valence-electron chi connectivity index (χ3n) is 9.03. The number of hydrogen-bond acceptors (Lipinski definition) is 19. The molecule has 0 bridgehead atoms. The molecule has 1 aliphatic heterocycles. The van der Waals surface area contributed by atoms with Crippen LogP contribution < -0.4 is 10.6 Å². The fraction of sp³-hybridized carbons (Fsp3) is 0.806. The highest BCUT2D eigenvalue weighted by Crippen LogP contribution is 2.34. The summed E-state index contributed by atoms with van der Waals surface area (Å²) in [5.41, 5.74) is 0.413.